The molecule has 0 saturated heterocycles. The van der Waals surface area contributed by atoms with E-state index in [9.17, 15) is 0 Å². The Labute approximate surface area is 149 Å². The molecule has 0 amide bonds. The highest BCUT2D eigenvalue weighted by Gasteiger charge is 2.28. The summed E-state index contributed by atoms with van der Waals surface area (Å²) in [7, 11) is 2.11. The van der Waals surface area contributed by atoms with E-state index in [-0.39, 0.29) is 6.17 Å². The first-order valence-corrected chi connectivity index (χ1v) is 8.71. The van der Waals surface area contributed by atoms with Gasteiger partial charge in [-0.05, 0) is 11.1 Å². The zero-order chi connectivity index (χ0) is 17.1. The van der Waals surface area contributed by atoms with E-state index in [0.717, 1.165) is 19.9 Å². The third-order valence-corrected chi connectivity index (χ3v) is 4.67. The van der Waals surface area contributed by atoms with Crippen molar-refractivity contribution < 1.29 is 0 Å². The van der Waals surface area contributed by atoms with Crippen LogP contribution in [0.3, 0.4) is 0 Å². The van der Waals surface area contributed by atoms with Crippen LogP contribution in [0.1, 0.15) is 17.3 Å². The topological polar surface area (TPSA) is 13.0 Å². The number of hydrogen-bond donors (Lipinski definition) is 0. The summed E-state index contributed by atoms with van der Waals surface area (Å²) in [6.07, 6.45) is 8.95. The van der Waals surface area contributed by atoms with Gasteiger partial charge in [-0.1, -0.05) is 60.7 Å². The largest absolute Gasteiger partial charge is 0.362 e. The van der Waals surface area contributed by atoms with Crippen molar-refractivity contribution in [3.8, 4) is 0 Å². The van der Waals surface area contributed by atoms with Crippen molar-refractivity contribution in [2.24, 2.45) is 0 Å². The first-order valence-electron chi connectivity index (χ1n) is 8.71. The molecule has 2 aliphatic heterocycles. The maximum atomic E-state index is 2.40. The van der Waals surface area contributed by atoms with E-state index < -0.39 is 0 Å². The molecule has 0 aromatic heterocycles. The molecule has 25 heavy (non-hydrogen) atoms. The molecule has 0 saturated carbocycles. The fraction of sp³-hybridized carbons (Fsp3) is 0.238. The molecule has 1 atom stereocenters. The normalized spacial score (nSPS) is 17.6. The van der Waals surface area contributed by atoms with Crippen LogP contribution in [0.25, 0.3) is 0 Å². The molecule has 1 unspecified atom stereocenters. The minimum absolute atomic E-state index is 0.208. The van der Waals surface area contributed by atoms with Crippen LogP contribution < -0.4 is 0 Å². The number of hydrogen-bond acceptors (Lipinski definition) is 4. The maximum absolute atomic E-state index is 2.40. The quantitative estimate of drug-likeness (QED) is 0.829. The Balaban J connectivity index is 1.51. The van der Waals surface area contributed by atoms with E-state index >= 15 is 0 Å². The van der Waals surface area contributed by atoms with Crippen molar-refractivity contribution in [2.45, 2.75) is 12.7 Å². The lowest BCUT2D eigenvalue weighted by Gasteiger charge is -2.37. The van der Waals surface area contributed by atoms with E-state index in [1.54, 1.807) is 0 Å². The smallest absolute Gasteiger partial charge is 0.130 e. The van der Waals surface area contributed by atoms with Crippen LogP contribution in [0.2, 0.25) is 0 Å². The molecule has 2 aromatic rings. The van der Waals surface area contributed by atoms with Gasteiger partial charge in [0.05, 0.1) is 13.3 Å². The van der Waals surface area contributed by atoms with Crippen LogP contribution in [0.4, 0.5) is 0 Å². The van der Waals surface area contributed by atoms with Crippen molar-refractivity contribution in [3.05, 3.63) is 96.6 Å². The van der Waals surface area contributed by atoms with Gasteiger partial charge in [0.1, 0.15) is 6.17 Å². The van der Waals surface area contributed by atoms with E-state index in [0.29, 0.717) is 0 Å². The second kappa shape index (κ2) is 6.93. The first kappa shape index (κ1) is 15.6. The Morgan fingerprint density at radius 3 is 2.08 bits per heavy atom. The Morgan fingerprint density at radius 2 is 1.40 bits per heavy atom. The second-order valence-corrected chi connectivity index (χ2v) is 6.68. The molecule has 2 heterocycles. The SMILES string of the molecule is CN1C=CN(C(c2ccccc2)N2C=CN(Cc3ccccc3)C2)C1. The van der Waals surface area contributed by atoms with Crippen molar-refractivity contribution in [3.63, 3.8) is 0 Å². The van der Waals surface area contributed by atoms with Gasteiger partial charge in [0.2, 0.25) is 0 Å². The number of rotatable bonds is 5. The molecule has 0 aliphatic carbocycles. The second-order valence-electron chi connectivity index (χ2n) is 6.68. The minimum Gasteiger partial charge on any atom is -0.362 e. The van der Waals surface area contributed by atoms with E-state index in [2.05, 4.69) is 112 Å². The first-order chi connectivity index (χ1) is 12.3. The Morgan fingerprint density at radius 1 is 0.760 bits per heavy atom. The highest BCUT2D eigenvalue weighted by atomic mass is 15.5. The van der Waals surface area contributed by atoms with Crippen molar-refractivity contribution in [1.82, 2.24) is 19.6 Å². The van der Waals surface area contributed by atoms with Gasteiger partial charge in [0, 0.05) is 38.4 Å². The summed E-state index contributed by atoms with van der Waals surface area (Å²) in [6, 6.07) is 21.4. The fourth-order valence-electron chi connectivity index (χ4n) is 3.47. The third-order valence-electron chi connectivity index (χ3n) is 4.67. The lowest BCUT2D eigenvalue weighted by Crippen LogP contribution is -2.38. The van der Waals surface area contributed by atoms with Gasteiger partial charge < -0.3 is 19.6 Å². The fourth-order valence-corrected chi connectivity index (χ4v) is 3.47. The average Bonchev–Trinajstić information content (AvgIpc) is 3.27. The molecule has 0 N–H and O–H groups in total. The maximum Gasteiger partial charge on any atom is 0.130 e. The van der Waals surface area contributed by atoms with Crippen LogP contribution in [-0.2, 0) is 6.54 Å². The number of benzene rings is 2. The van der Waals surface area contributed by atoms with Gasteiger partial charge in [-0.2, -0.15) is 0 Å². The van der Waals surface area contributed by atoms with Gasteiger partial charge in [-0.3, -0.25) is 0 Å². The molecule has 4 heteroatoms. The summed E-state index contributed by atoms with van der Waals surface area (Å²) in [4.78, 5) is 9.35. The zero-order valence-corrected chi connectivity index (χ0v) is 14.6. The van der Waals surface area contributed by atoms with E-state index in [4.69, 9.17) is 0 Å². The molecular formula is C21H24N4. The lowest BCUT2D eigenvalue weighted by molar-refractivity contribution is 0.0849. The minimum atomic E-state index is 0.208. The standard InChI is InChI=1S/C21H24N4/c1-22-12-14-24(17-22)21(20-10-6-3-7-11-20)25-15-13-23(18-25)16-19-8-4-2-5-9-19/h2-15,21H,16-18H2,1H3. The van der Waals surface area contributed by atoms with Crippen LogP contribution >= 0.6 is 0 Å². The summed E-state index contributed by atoms with van der Waals surface area (Å²) >= 11 is 0. The van der Waals surface area contributed by atoms with Crippen LogP contribution in [-0.4, -0.2) is 40.0 Å². The van der Waals surface area contributed by atoms with Crippen LogP contribution in [0.5, 0.6) is 0 Å². The van der Waals surface area contributed by atoms with Gasteiger partial charge in [-0.25, -0.2) is 0 Å². The molecule has 4 rings (SSSR count). The van der Waals surface area contributed by atoms with Crippen molar-refractivity contribution in [1.29, 1.82) is 0 Å². The van der Waals surface area contributed by atoms with E-state index in [1.807, 2.05) is 0 Å². The molecule has 2 aliphatic rings. The average molecular weight is 332 g/mol. The predicted octanol–water partition coefficient (Wildman–Crippen LogP) is 3.61. The number of nitrogens with zero attached hydrogens (tertiary/aromatic N) is 4. The summed E-state index contributed by atoms with van der Waals surface area (Å²) in [5.74, 6) is 0. The Hall–Kier alpha value is -2.88. The monoisotopic (exact) mass is 332 g/mol. The van der Waals surface area contributed by atoms with Gasteiger partial charge in [-0.15, -0.1) is 0 Å². The molecule has 2 aromatic carbocycles. The van der Waals surface area contributed by atoms with Crippen molar-refractivity contribution >= 4 is 0 Å². The molecule has 0 bridgehead atoms. The summed E-state index contributed by atoms with van der Waals surface area (Å²) < 4.78 is 0. The zero-order valence-electron chi connectivity index (χ0n) is 14.6. The third kappa shape index (κ3) is 3.48. The highest BCUT2D eigenvalue weighted by Crippen LogP contribution is 2.30. The van der Waals surface area contributed by atoms with Gasteiger partial charge >= 0.3 is 0 Å². The Kier molecular flexibility index (Phi) is 4.34. The molecule has 0 spiro atoms. The lowest BCUT2D eigenvalue weighted by atomic mass is 10.1. The van der Waals surface area contributed by atoms with Gasteiger partial charge in [0.15, 0.2) is 0 Å². The van der Waals surface area contributed by atoms with E-state index in [1.165, 1.54) is 11.1 Å². The molecular weight excluding hydrogens is 308 g/mol. The Bertz CT molecular complexity index is 741. The molecule has 128 valence electrons. The van der Waals surface area contributed by atoms with Crippen LogP contribution in [0.15, 0.2) is 85.5 Å². The van der Waals surface area contributed by atoms with Crippen molar-refractivity contribution in [2.75, 3.05) is 20.4 Å². The molecule has 0 radical (unpaired) electrons. The highest BCUT2D eigenvalue weighted by molar-refractivity contribution is 5.22. The summed E-state index contributed by atoms with van der Waals surface area (Å²) in [6.45, 7) is 2.73. The van der Waals surface area contributed by atoms with Gasteiger partial charge in [0.25, 0.3) is 0 Å². The van der Waals surface area contributed by atoms with Crippen LogP contribution in [0, 0.1) is 0 Å². The molecule has 0 fully saturated rings. The summed E-state index contributed by atoms with van der Waals surface area (Å²) in [5.41, 5.74) is 2.65. The summed E-state index contributed by atoms with van der Waals surface area (Å²) in [5, 5.41) is 0. The molecule has 4 nitrogen and oxygen atoms in total. The predicted molar refractivity (Wildman–Crippen MR) is 101 cm³/mol.